The molecule has 1 heterocycles. The van der Waals surface area contributed by atoms with Gasteiger partial charge in [-0.1, -0.05) is 18.2 Å². The molecule has 0 unspecified atom stereocenters. The molecule has 0 aliphatic heterocycles. The molecule has 1 amide bonds. The van der Waals surface area contributed by atoms with Gasteiger partial charge in [0.05, 0.1) is 11.2 Å². The minimum atomic E-state index is -4.98. The number of pyridine rings is 1. The molecule has 0 saturated heterocycles. The van der Waals surface area contributed by atoms with Gasteiger partial charge in [0, 0.05) is 11.6 Å². The number of aromatic nitrogens is 1. The van der Waals surface area contributed by atoms with Gasteiger partial charge in [-0.2, -0.15) is 13.2 Å². The zero-order valence-electron chi connectivity index (χ0n) is 12.2. The van der Waals surface area contributed by atoms with Crippen molar-refractivity contribution in [2.24, 2.45) is 0 Å². The molecule has 0 bridgehead atoms. The maximum atomic E-state index is 12.4. The van der Waals surface area contributed by atoms with Crippen LogP contribution in [0.4, 0.5) is 18.9 Å². The van der Waals surface area contributed by atoms with Gasteiger partial charge in [-0.05, 0) is 36.4 Å². The summed E-state index contributed by atoms with van der Waals surface area (Å²) >= 11 is 0. The Hall–Kier alpha value is -3.09. The molecule has 122 valence electrons. The molecule has 0 radical (unpaired) electrons. The van der Waals surface area contributed by atoms with Crippen LogP contribution in [0.15, 0.2) is 60.8 Å². The van der Waals surface area contributed by atoms with Crippen LogP contribution in [0.2, 0.25) is 0 Å². The summed E-state index contributed by atoms with van der Waals surface area (Å²) in [6.07, 6.45) is -3.35. The van der Waals surface area contributed by atoms with Gasteiger partial charge in [0.25, 0.3) is 0 Å². The van der Waals surface area contributed by atoms with E-state index in [9.17, 15) is 18.0 Å². The van der Waals surface area contributed by atoms with Gasteiger partial charge in [0.15, 0.2) is 5.75 Å². The summed E-state index contributed by atoms with van der Waals surface area (Å²) in [7, 11) is 0. The molecule has 0 aliphatic rings. The molecular weight excluding hydrogens is 321 g/mol. The van der Waals surface area contributed by atoms with Crippen molar-refractivity contribution in [3.63, 3.8) is 0 Å². The zero-order valence-corrected chi connectivity index (χ0v) is 12.2. The van der Waals surface area contributed by atoms with Gasteiger partial charge >= 0.3 is 12.1 Å². The van der Waals surface area contributed by atoms with Crippen LogP contribution in [-0.4, -0.2) is 17.1 Å². The molecule has 0 saturated carbocycles. The van der Waals surface area contributed by atoms with Crippen LogP contribution in [0, 0.1) is 0 Å². The number of para-hydroxylation sites is 2. The van der Waals surface area contributed by atoms with Gasteiger partial charge < -0.3 is 10.1 Å². The largest absolute Gasteiger partial charge is 0.471 e. The van der Waals surface area contributed by atoms with E-state index < -0.39 is 12.1 Å². The summed E-state index contributed by atoms with van der Waals surface area (Å²) in [5, 5.41) is 2.52. The number of nitrogens with zero attached hydrogens (tertiary/aromatic N) is 1. The number of halogens is 3. The topological polar surface area (TPSA) is 51.2 Å². The van der Waals surface area contributed by atoms with Crippen molar-refractivity contribution in [2.45, 2.75) is 6.18 Å². The van der Waals surface area contributed by atoms with Gasteiger partial charge in [-0.3, -0.25) is 9.78 Å². The average molecular weight is 332 g/mol. The number of alkyl halides is 3. The maximum Gasteiger partial charge on any atom is 0.471 e. The highest BCUT2D eigenvalue weighted by Crippen LogP contribution is 2.33. The van der Waals surface area contributed by atoms with Gasteiger partial charge in [-0.25, -0.2) is 0 Å². The van der Waals surface area contributed by atoms with Crippen molar-refractivity contribution in [1.29, 1.82) is 0 Å². The highest BCUT2D eigenvalue weighted by atomic mass is 19.4. The number of hydrogen-bond donors (Lipinski definition) is 1. The number of carbonyl (C=O) groups is 1. The van der Waals surface area contributed by atoms with Crippen molar-refractivity contribution in [3.8, 4) is 11.5 Å². The molecule has 0 fully saturated rings. The van der Waals surface area contributed by atoms with E-state index in [4.69, 9.17) is 4.74 Å². The Morgan fingerprint density at radius 3 is 2.50 bits per heavy atom. The van der Waals surface area contributed by atoms with Crippen molar-refractivity contribution in [1.82, 2.24) is 4.98 Å². The van der Waals surface area contributed by atoms with Crippen molar-refractivity contribution in [3.05, 3.63) is 60.8 Å². The summed E-state index contributed by atoms with van der Waals surface area (Å²) in [4.78, 5) is 15.3. The maximum absolute atomic E-state index is 12.4. The minimum Gasteiger partial charge on any atom is -0.454 e. The molecule has 0 atom stereocenters. The van der Waals surface area contributed by atoms with Crippen molar-refractivity contribution < 1.29 is 22.7 Å². The van der Waals surface area contributed by atoms with E-state index in [2.05, 4.69) is 4.98 Å². The Bertz CT molecular complexity index is 889. The molecule has 3 aromatic rings. The standard InChI is InChI=1S/C17H11F3N2O2/c18-17(19,20)16(23)22-13-6-1-2-8-15(13)24-14-9-3-7-12-11(14)5-4-10-21-12/h1-10H,(H,22,23). The van der Waals surface area contributed by atoms with E-state index in [1.807, 2.05) is 5.32 Å². The normalized spacial score (nSPS) is 11.3. The first-order valence-corrected chi connectivity index (χ1v) is 6.94. The molecule has 4 nitrogen and oxygen atoms in total. The predicted molar refractivity (Wildman–Crippen MR) is 82.9 cm³/mol. The number of carbonyl (C=O) groups excluding carboxylic acids is 1. The van der Waals surface area contributed by atoms with E-state index in [1.165, 1.54) is 18.2 Å². The lowest BCUT2D eigenvalue weighted by Gasteiger charge is -2.14. The fourth-order valence-electron chi connectivity index (χ4n) is 2.13. The van der Waals surface area contributed by atoms with Gasteiger partial charge in [-0.15, -0.1) is 0 Å². The van der Waals surface area contributed by atoms with Crippen molar-refractivity contribution in [2.75, 3.05) is 5.32 Å². The Labute approximate surface area is 134 Å². The second kappa shape index (κ2) is 6.19. The van der Waals surface area contributed by atoms with Crippen LogP contribution in [0.5, 0.6) is 11.5 Å². The van der Waals surface area contributed by atoms with Crippen molar-refractivity contribution >= 4 is 22.5 Å². The van der Waals surface area contributed by atoms with E-state index in [0.29, 0.717) is 16.7 Å². The SMILES string of the molecule is O=C(Nc1ccccc1Oc1cccc2ncccc12)C(F)(F)F. The number of ether oxygens (including phenoxy) is 1. The lowest BCUT2D eigenvalue weighted by Crippen LogP contribution is -2.30. The second-order valence-electron chi connectivity index (χ2n) is 4.88. The molecule has 7 heteroatoms. The predicted octanol–water partition coefficient (Wildman–Crippen LogP) is 4.53. The van der Waals surface area contributed by atoms with E-state index in [1.54, 1.807) is 42.6 Å². The summed E-state index contributed by atoms with van der Waals surface area (Å²) < 4.78 is 43.0. The number of nitrogens with one attached hydrogen (secondary N) is 1. The Kier molecular flexibility index (Phi) is 4.07. The average Bonchev–Trinajstić information content (AvgIpc) is 2.56. The fourth-order valence-corrected chi connectivity index (χ4v) is 2.13. The van der Waals surface area contributed by atoms with Crippen LogP contribution in [0.25, 0.3) is 10.9 Å². The fraction of sp³-hybridized carbons (Fsp3) is 0.0588. The number of benzene rings is 2. The van der Waals surface area contributed by atoms with Crippen LogP contribution < -0.4 is 10.1 Å². The van der Waals surface area contributed by atoms with Gasteiger partial charge in [0.2, 0.25) is 0 Å². The molecule has 3 rings (SSSR count). The lowest BCUT2D eigenvalue weighted by molar-refractivity contribution is -0.167. The number of amides is 1. The molecule has 2 aromatic carbocycles. The first-order valence-electron chi connectivity index (χ1n) is 6.94. The molecule has 0 spiro atoms. The van der Waals surface area contributed by atoms with E-state index in [-0.39, 0.29) is 11.4 Å². The quantitative estimate of drug-likeness (QED) is 0.767. The number of rotatable bonds is 3. The van der Waals surface area contributed by atoms with E-state index >= 15 is 0 Å². The van der Waals surface area contributed by atoms with Crippen LogP contribution in [0.3, 0.4) is 0 Å². The smallest absolute Gasteiger partial charge is 0.454 e. The Morgan fingerprint density at radius 2 is 1.71 bits per heavy atom. The highest BCUT2D eigenvalue weighted by molar-refractivity contribution is 5.96. The molecule has 1 N–H and O–H groups in total. The number of hydrogen-bond acceptors (Lipinski definition) is 3. The summed E-state index contributed by atoms with van der Waals surface area (Å²) in [5.41, 5.74) is 0.618. The second-order valence-corrected chi connectivity index (χ2v) is 4.88. The number of fused-ring (bicyclic) bond motifs is 1. The molecule has 1 aromatic heterocycles. The Balaban J connectivity index is 1.94. The zero-order chi connectivity index (χ0) is 17.2. The summed E-state index contributed by atoms with van der Waals surface area (Å²) in [5.74, 6) is -1.53. The number of anilines is 1. The van der Waals surface area contributed by atoms with Crippen LogP contribution >= 0.6 is 0 Å². The summed E-state index contributed by atoms with van der Waals surface area (Å²) in [6.45, 7) is 0. The lowest BCUT2D eigenvalue weighted by atomic mass is 10.2. The third-order valence-electron chi connectivity index (χ3n) is 3.22. The van der Waals surface area contributed by atoms with Crippen LogP contribution in [0.1, 0.15) is 0 Å². The molecular formula is C17H11F3N2O2. The monoisotopic (exact) mass is 332 g/mol. The third-order valence-corrected chi connectivity index (χ3v) is 3.22. The third kappa shape index (κ3) is 3.29. The highest BCUT2D eigenvalue weighted by Gasteiger charge is 2.39. The van der Waals surface area contributed by atoms with Gasteiger partial charge in [0.1, 0.15) is 5.75 Å². The first-order chi connectivity index (χ1) is 11.4. The van der Waals surface area contributed by atoms with Crippen LogP contribution in [-0.2, 0) is 4.79 Å². The Morgan fingerprint density at radius 1 is 0.958 bits per heavy atom. The summed E-state index contributed by atoms with van der Waals surface area (Å²) in [6, 6.07) is 14.6. The van der Waals surface area contributed by atoms with E-state index in [0.717, 1.165) is 0 Å². The first kappa shape index (κ1) is 15.8. The molecule has 0 aliphatic carbocycles. The molecule has 24 heavy (non-hydrogen) atoms. The minimum absolute atomic E-state index is 0.0688.